The summed E-state index contributed by atoms with van der Waals surface area (Å²) in [6, 6.07) is 15.2. The Kier molecular flexibility index (Phi) is 5.18. The first-order chi connectivity index (χ1) is 9.69. The third-order valence-corrected chi connectivity index (χ3v) is 3.13. The van der Waals surface area contributed by atoms with Crippen molar-refractivity contribution in [2.24, 2.45) is 0 Å². The molecular formula is C16H16BrNO2. The molecular weight excluding hydrogens is 318 g/mol. The Morgan fingerprint density at radius 1 is 1.15 bits per heavy atom. The van der Waals surface area contributed by atoms with Gasteiger partial charge in [-0.15, -0.1) is 0 Å². The molecule has 20 heavy (non-hydrogen) atoms. The second-order valence-electron chi connectivity index (χ2n) is 4.40. The lowest BCUT2D eigenvalue weighted by molar-refractivity contribution is -0.115. The number of amides is 1. The number of hydrogen-bond acceptors (Lipinski definition) is 2. The van der Waals surface area contributed by atoms with Crippen LogP contribution in [-0.4, -0.2) is 11.2 Å². The molecule has 2 rings (SSSR count). The topological polar surface area (TPSA) is 38.3 Å². The second-order valence-corrected chi connectivity index (χ2v) is 5.19. The van der Waals surface area contributed by atoms with E-state index < -0.39 is 0 Å². The van der Waals surface area contributed by atoms with Crippen LogP contribution in [0.3, 0.4) is 0 Å². The minimum atomic E-state index is -0.0400. The summed E-state index contributed by atoms with van der Waals surface area (Å²) in [5.41, 5.74) is 1.86. The molecule has 2 aromatic carbocycles. The highest BCUT2D eigenvalue weighted by Gasteiger charge is 2.07. The number of rotatable bonds is 5. The van der Waals surface area contributed by atoms with Gasteiger partial charge in [-0.2, -0.15) is 0 Å². The van der Waals surface area contributed by atoms with Crippen molar-refractivity contribution < 1.29 is 9.53 Å². The fraction of sp³-hybridized carbons (Fsp3) is 0.188. The monoisotopic (exact) mass is 333 g/mol. The van der Waals surface area contributed by atoms with Gasteiger partial charge in [0.25, 0.3) is 0 Å². The molecule has 0 saturated heterocycles. The quantitative estimate of drug-likeness (QED) is 0.817. The Hall–Kier alpha value is -1.81. The number of halogens is 1. The summed E-state index contributed by atoms with van der Waals surface area (Å²) in [4.78, 5) is 11.7. The van der Waals surface area contributed by atoms with Crippen LogP contribution in [0.15, 0.2) is 48.5 Å². The molecule has 2 aromatic rings. The summed E-state index contributed by atoms with van der Waals surface area (Å²) in [6.07, 6.45) is 0.429. The van der Waals surface area contributed by atoms with Crippen LogP contribution >= 0.6 is 15.9 Å². The van der Waals surface area contributed by atoms with Crippen molar-refractivity contribution in [2.75, 3.05) is 10.6 Å². The molecule has 0 atom stereocenters. The van der Waals surface area contributed by atoms with Crippen molar-refractivity contribution in [3.05, 3.63) is 54.1 Å². The Morgan fingerprint density at radius 2 is 1.85 bits per heavy atom. The zero-order valence-corrected chi connectivity index (χ0v) is 12.8. The number of carbonyl (C=O) groups excluding carboxylic acids is 1. The molecule has 0 unspecified atom stereocenters. The van der Waals surface area contributed by atoms with Crippen LogP contribution in [0.1, 0.15) is 12.0 Å². The number of aryl methyl sites for hydroxylation is 1. The summed E-state index contributed by atoms with van der Waals surface area (Å²) in [7, 11) is 0. The molecule has 0 aliphatic carbocycles. The number of carbonyl (C=O) groups is 1. The van der Waals surface area contributed by atoms with Gasteiger partial charge in [0, 0.05) is 11.8 Å². The maximum absolute atomic E-state index is 11.7. The minimum Gasteiger partial charge on any atom is -0.455 e. The van der Waals surface area contributed by atoms with Crippen LogP contribution in [-0.2, 0) is 4.79 Å². The Labute approximate surface area is 127 Å². The first-order valence-electron chi connectivity index (χ1n) is 6.38. The van der Waals surface area contributed by atoms with Crippen molar-refractivity contribution >= 4 is 27.5 Å². The van der Waals surface area contributed by atoms with Crippen LogP contribution in [0.25, 0.3) is 0 Å². The molecule has 1 amide bonds. The fourth-order valence-electron chi connectivity index (χ4n) is 1.69. The lowest BCUT2D eigenvalue weighted by Gasteiger charge is -2.12. The van der Waals surface area contributed by atoms with E-state index in [9.17, 15) is 4.79 Å². The number of hydrogen-bond donors (Lipinski definition) is 1. The van der Waals surface area contributed by atoms with E-state index in [1.54, 1.807) is 0 Å². The van der Waals surface area contributed by atoms with Gasteiger partial charge in [-0.1, -0.05) is 45.8 Å². The Morgan fingerprint density at radius 3 is 2.55 bits per heavy atom. The standard InChI is InChI=1S/C16H16BrNO2/c1-12-6-8-13(9-7-12)20-15-5-3-2-4-14(15)18-16(19)10-11-17/h2-9H,10-11H2,1H3,(H,18,19). The number of anilines is 1. The average Bonchev–Trinajstić information content (AvgIpc) is 2.44. The van der Waals surface area contributed by atoms with Gasteiger partial charge in [-0.05, 0) is 31.2 Å². The van der Waals surface area contributed by atoms with Gasteiger partial charge in [0.1, 0.15) is 5.75 Å². The molecule has 1 N–H and O–H groups in total. The van der Waals surface area contributed by atoms with Crippen molar-refractivity contribution in [1.29, 1.82) is 0 Å². The van der Waals surface area contributed by atoms with E-state index in [-0.39, 0.29) is 5.91 Å². The normalized spacial score (nSPS) is 10.1. The Bertz CT molecular complexity index is 581. The molecule has 0 aromatic heterocycles. The average molecular weight is 334 g/mol. The summed E-state index contributed by atoms with van der Waals surface area (Å²) < 4.78 is 5.82. The molecule has 3 nitrogen and oxygen atoms in total. The molecule has 0 saturated carbocycles. The first-order valence-corrected chi connectivity index (χ1v) is 7.50. The van der Waals surface area contributed by atoms with Crippen LogP contribution < -0.4 is 10.1 Å². The number of ether oxygens (including phenoxy) is 1. The number of nitrogens with one attached hydrogen (secondary N) is 1. The van der Waals surface area contributed by atoms with Crippen molar-refractivity contribution in [3.8, 4) is 11.5 Å². The number of alkyl halides is 1. The van der Waals surface area contributed by atoms with Gasteiger partial charge in [0.2, 0.25) is 5.91 Å². The zero-order valence-electron chi connectivity index (χ0n) is 11.2. The minimum absolute atomic E-state index is 0.0400. The molecule has 0 spiro atoms. The molecule has 0 aliphatic heterocycles. The third-order valence-electron chi connectivity index (χ3n) is 2.73. The van der Waals surface area contributed by atoms with Crippen molar-refractivity contribution in [1.82, 2.24) is 0 Å². The van der Waals surface area contributed by atoms with E-state index in [0.717, 1.165) is 5.75 Å². The van der Waals surface area contributed by atoms with E-state index in [1.165, 1.54) is 5.56 Å². The van der Waals surface area contributed by atoms with Gasteiger partial charge in [-0.25, -0.2) is 0 Å². The molecule has 4 heteroatoms. The Balaban J connectivity index is 2.15. The fourth-order valence-corrected chi connectivity index (χ4v) is 2.05. The molecule has 0 heterocycles. The van der Waals surface area contributed by atoms with Crippen molar-refractivity contribution in [2.45, 2.75) is 13.3 Å². The van der Waals surface area contributed by atoms with Gasteiger partial charge < -0.3 is 10.1 Å². The number of benzene rings is 2. The van der Waals surface area contributed by atoms with Crippen LogP contribution in [0.5, 0.6) is 11.5 Å². The highest BCUT2D eigenvalue weighted by Crippen LogP contribution is 2.29. The molecule has 0 bridgehead atoms. The summed E-state index contributed by atoms with van der Waals surface area (Å²) in [6.45, 7) is 2.03. The molecule has 0 fully saturated rings. The van der Waals surface area contributed by atoms with Gasteiger partial charge >= 0.3 is 0 Å². The highest BCUT2D eigenvalue weighted by atomic mass is 79.9. The lowest BCUT2D eigenvalue weighted by Crippen LogP contribution is -2.12. The lowest BCUT2D eigenvalue weighted by atomic mass is 10.2. The largest absolute Gasteiger partial charge is 0.455 e. The SMILES string of the molecule is Cc1ccc(Oc2ccccc2NC(=O)CCBr)cc1. The third kappa shape index (κ3) is 4.10. The maximum atomic E-state index is 11.7. The van der Waals surface area contributed by atoms with Gasteiger partial charge in [-0.3, -0.25) is 4.79 Å². The van der Waals surface area contributed by atoms with Crippen LogP contribution in [0, 0.1) is 6.92 Å². The van der Waals surface area contributed by atoms with E-state index >= 15 is 0 Å². The van der Waals surface area contributed by atoms with Crippen LogP contribution in [0.2, 0.25) is 0 Å². The first kappa shape index (κ1) is 14.6. The molecule has 0 aliphatic rings. The number of para-hydroxylation sites is 2. The summed E-state index contributed by atoms with van der Waals surface area (Å²) in [5, 5.41) is 3.49. The van der Waals surface area contributed by atoms with Gasteiger partial charge in [0.05, 0.1) is 5.69 Å². The summed E-state index contributed by atoms with van der Waals surface area (Å²) in [5.74, 6) is 1.35. The van der Waals surface area contributed by atoms with Crippen LogP contribution in [0.4, 0.5) is 5.69 Å². The van der Waals surface area contributed by atoms with E-state index in [1.807, 2.05) is 55.5 Å². The van der Waals surface area contributed by atoms with E-state index in [0.29, 0.717) is 23.2 Å². The smallest absolute Gasteiger partial charge is 0.225 e. The predicted octanol–water partition coefficient (Wildman–Crippen LogP) is 4.51. The van der Waals surface area contributed by atoms with Gasteiger partial charge in [0.15, 0.2) is 5.75 Å². The van der Waals surface area contributed by atoms with E-state index in [4.69, 9.17) is 4.74 Å². The summed E-state index contributed by atoms with van der Waals surface area (Å²) >= 11 is 3.25. The zero-order chi connectivity index (χ0) is 14.4. The maximum Gasteiger partial charge on any atom is 0.225 e. The van der Waals surface area contributed by atoms with Crippen molar-refractivity contribution in [3.63, 3.8) is 0 Å². The molecule has 104 valence electrons. The van der Waals surface area contributed by atoms with E-state index in [2.05, 4.69) is 21.2 Å². The molecule has 0 radical (unpaired) electrons. The predicted molar refractivity (Wildman–Crippen MR) is 84.7 cm³/mol. The second kappa shape index (κ2) is 7.10. The highest BCUT2D eigenvalue weighted by molar-refractivity contribution is 9.09.